The van der Waals surface area contributed by atoms with Gasteiger partial charge in [0.2, 0.25) is 5.91 Å². The molecule has 100 valence electrons. The van der Waals surface area contributed by atoms with Gasteiger partial charge in [0.25, 0.3) is 0 Å². The van der Waals surface area contributed by atoms with Crippen LogP contribution in [-0.4, -0.2) is 12.6 Å². The molecule has 0 spiro atoms. The first-order valence-electron chi connectivity index (χ1n) is 6.47. The highest BCUT2D eigenvalue weighted by Crippen LogP contribution is 2.30. The summed E-state index contributed by atoms with van der Waals surface area (Å²) in [5.74, 6) is 0.297. The van der Waals surface area contributed by atoms with Gasteiger partial charge >= 0.3 is 0 Å². The van der Waals surface area contributed by atoms with Crippen molar-refractivity contribution in [1.29, 1.82) is 5.26 Å². The third-order valence-corrected chi connectivity index (χ3v) is 3.20. The highest BCUT2D eigenvalue weighted by molar-refractivity contribution is 5.83. The lowest BCUT2D eigenvalue weighted by Gasteiger charge is -2.19. The van der Waals surface area contributed by atoms with E-state index in [9.17, 15) is 4.79 Å². The Morgan fingerprint density at radius 2 is 1.74 bits per heavy atom. The average Bonchev–Trinajstić information content (AvgIpc) is 2.37. The molecule has 0 aliphatic heterocycles. The molecule has 0 saturated carbocycles. The number of aliphatic imine (C=N–C) groups is 1. The molecular formula is C16H20N2O. The minimum atomic E-state index is -0.228. The van der Waals surface area contributed by atoms with Gasteiger partial charge in [0.15, 0.2) is 0 Å². The Kier molecular flexibility index (Phi) is 5.00. The minimum Gasteiger partial charge on any atom is -0.272 e. The molecule has 0 atom stereocenters. The molecular weight excluding hydrogens is 236 g/mol. The number of hydrogen-bond acceptors (Lipinski definition) is 2. The Morgan fingerprint density at radius 1 is 1.26 bits per heavy atom. The maximum atomic E-state index is 11.6. The van der Waals surface area contributed by atoms with Crippen LogP contribution in [0.3, 0.4) is 0 Å². The largest absolute Gasteiger partial charge is 0.272 e. The second kappa shape index (κ2) is 6.29. The molecule has 0 radical (unpaired) electrons. The second-order valence-corrected chi connectivity index (χ2v) is 5.28. The average molecular weight is 256 g/mol. The number of amides is 1. The van der Waals surface area contributed by atoms with E-state index in [2.05, 4.69) is 45.5 Å². The SMILES string of the molecule is C=NC(=O)Cc1c(C(C)C)cc(C#N)cc1C(C)C. The van der Waals surface area contributed by atoms with Crippen molar-refractivity contribution in [2.45, 2.75) is 46.0 Å². The minimum absolute atomic E-state index is 0.228. The molecule has 1 amide bonds. The maximum Gasteiger partial charge on any atom is 0.249 e. The van der Waals surface area contributed by atoms with Gasteiger partial charge in [-0.2, -0.15) is 5.26 Å². The molecule has 0 fully saturated rings. The molecule has 19 heavy (non-hydrogen) atoms. The summed E-state index contributed by atoms with van der Waals surface area (Å²) in [6.07, 6.45) is 0.260. The predicted molar refractivity (Wildman–Crippen MR) is 77.6 cm³/mol. The first kappa shape index (κ1) is 15.1. The fourth-order valence-electron chi connectivity index (χ4n) is 2.22. The van der Waals surface area contributed by atoms with Gasteiger partial charge in [0.1, 0.15) is 0 Å². The van der Waals surface area contributed by atoms with Gasteiger partial charge in [0.05, 0.1) is 18.1 Å². The van der Waals surface area contributed by atoms with E-state index in [0.717, 1.165) is 16.7 Å². The van der Waals surface area contributed by atoms with Crippen LogP contribution in [0, 0.1) is 11.3 Å². The number of nitriles is 1. The highest BCUT2D eigenvalue weighted by atomic mass is 16.1. The van der Waals surface area contributed by atoms with E-state index in [-0.39, 0.29) is 24.2 Å². The normalized spacial score (nSPS) is 10.6. The molecule has 0 aliphatic carbocycles. The Hall–Kier alpha value is -1.95. The third kappa shape index (κ3) is 3.51. The lowest BCUT2D eigenvalue weighted by Crippen LogP contribution is -2.09. The Morgan fingerprint density at radius 3 is 2.05 bits per heavy atom. The fraction of sp³-hybridized carbons (Fsp3) is 0.438. The van der Waals surface area contributed by atoms with Gasteiger partial charge in [-0.3, -0.25) is 4.79 Å². The zero-order chi connectivity index (χ0) is 14.6. The van der Waals surface area contributed by atoms with E-state index in [0.29, 0.717) is 5.56 Å². The lowest BCUT2D eigenvalue weighted by atomic mass is 9.85. The van der Waals surface area contributed by atoms with Crippen LogP contribution in [0.15, 0.2) is 17.1 Å². The number of nitrogens with zero attached hydrogens (tertiary/aromatic N) is 2. The Bertz CT molecular complexity index is 507. The summed E-state index contributed by atoms with van der Waals surface area (Å²) in [5, 5.41) is 9.12. The van der Waals surface area contributed by atoms with E-state index < -0.39 is 0 Å². The number of carbonyl (C=O) groups is 1. The van der Waals surface area contributed by atoms with E-state index >= 15 is 0 Å². The monoisotopic (exact) mass is 256 g/mol. The molecule has 0 heterocycles. The molecule has 1 aromatic rings. The van der Waals surface area contributed by atoms with Crippen molar-refractivity contribution >= 4 is 12.6 Å². The van der Waals surface area contributed by atoms with Crippen LogP contribution >= 0.6 is 0 Å². The number of rotatable bonds is 4. The molecule has 1 aromatic carbocycles. The lowest BCUT2D eigenvalue weighted by molar-refractivity contribution is -0.117. The van der Waals surface area contributed by atoms with Crippen molar-refractivity contribution in [2.24, 2.45) is 4.99 Å². The summed E-state index contributed by atoms with van der Waals surface area (Å²) in [6.45, 7) is 11.5. The molecule has 0 unspecified atom stereocenters. The zero-order valence-electron chi connectivity index (χ0n) is 12.0. The third-order valence-electron chi connectivity index (χ3n) is 3.20. The van der Waals surface area contributed by atoms with E-state index in [1.165, 1.54) is 0 Å². The summed E-state index contributed by atoms with van der Waals surface area (Å²) in [7, 11) is 0. The maximum absolute atomic E-state index is 11.6. The van der Waals surface area contributed by atoms with E-state index in [4.69, 9.17) is 5.26 Å². The molecule has 0 bridgehead atoms. The topological polar surface area (TPSA) is 53.2 Å². The number of carbonyl (C=O) groups excluding carboxylic acids is 1. The first-order valence-corrected chi connectivity index (χ1v) is 6.47. The number of hydrogen-bond donors (Lipinski definition) is 0. The van der Waals surface area contributed by atoms with Gasteiger partial charge in [-0.05, 0) is 47.4 Å². The highest BCUT2D eigenvalue weighted by Gasteiger charge is 2.17. The van der Waals surface area contributed by atoms with Crippen LogP contribution in [-0.2, 0) is 11.2 Å². The van der Waals surface area contributed by atoms with E-state index in [1.807, 2.05) is 12.1 Å². The second-order valence-electron chi connectivity index (χ2n) is 5.28. The Labute approximate surface area is 115 Å². The van der Waals surface area contributed by atoms with E-state index in [1.54, 1.807) is 0 Å². The van der Waals surface area contributed by atoms with Crippen molar-refractivity contribution in [1.82, 2.24) is 0 Å². The van der Waals surface area contributed by atoms with Gasteiger partial charge < -0.3 is 0 Å². The van der Waals surface area contributed by atoms with Crippen molar-refractivity contribution in [3.63, 3.8) is 0 Å². The van der Waals surface area contributed by atoms with Crippen LogP contribution in [0.1, 0.15) is 61.8 Å². The molecule has 0 N–H and O–H groups in total. The van der Waals surface area contributed by atoms with Crippen molar-refractivity contribution in [2.75, 3.05) is 0 Å². The summed E-state index contributed by atoms with van der Waals surface area (Å²) >= 11 is 0. The van der Waals surface area contributed by atoms with Gasteiger partial charge in [-0.15, -0.1) is 0 Å². The van der Waals surface area contributed by atoms with Crippen molar-refractivity contribution < 1.29 is 4.79 Å². The predicted octanol–water partition coefficient (Wildman–Crippen LogP) is 3.57. The zero-order valence-corrected chi connectivity index (χ0v) is 12.0. The molecule has 0 saturated heterocycles. The Balaban J connectivity index is 3.49. The van der Waals surface area contributed by atoms with Crippen molar-refractivity contribution in [3.05, 3.63) is 34.4 Å². The summed E-state index contributed by atoms with van der Waals surface area (Å²) < 4.78 is 0. The summed E-state index contributed by atoms with van der Waals surface area (Å²) in [5.41, 5.74) is 3.76. The van der Waals surface area contributed by atoms with Crippen LogP contribution in [0.5, 0.6) is 0 Å². The quantitative estimate of drug-likeness (QED) is 0.773. The molecule has 3 nitrogen and oxygen atoms in total. The van der Waals surface area contributed by atoms with Gasteiger partial charge in [-0.25, -0.2) is 4.99 Å². The van der Waals surface area contributed by atoms with Crippen LogP contribution in [0.4, 0.5) is 0 Å². The van der Waals surface area contributed by atoms with Gasteiger partial charge in [-0.1, -0.05) is 27.7 Å². The molecule has 0 aliphatic rings. The molecule has 1 rings (SSSR count). The van der Waals surface area contributed by atoms with Gasteiger partial charge in [0, 0.05) is 0 Å². The van der Waals surface area contributed by atoms with Crippen LogP contribution in [0.2, 0.25) is 0 Å². The van der Waals surface area contributed by atoms with Crippen LogP contribution < -0.4 is 0 Å². The fourth-order valence-corrected chi connectivity index (χ4v) is 2.22. The smallest absolute Gasteiger partial charge is 0.249 e. The molecule has 3 heteroatoms. The molecule has 0 aromatic heterocycles. The summed E-state index contributed by atoms with van der Waals surface area (Å²) in [4.78, 5) is 15.1. The van der Waals surface area contributed by atoms with Crippen LogP contribution in [0.25, 0.3) is 0 Å². The first-order chi connectivity index (χ1) is 8.90. The summed E-state index contributed by atoms with van der Waals surface area (Å²) in [6, 6.07) is 5.95. The number of benzene rings is 1. The van der Waals surface area contributed by atoms with Crippen molar-refractivity contribution in [3.8, 4) is 6.07 Å². The standard InChI is InChI=1S/C16H20N2O/c1-10(2)13-6-12(9-17)7-14(11(3)4)15(13)8-16(19)18-5/h6-7,10-11H,5,8H2,1-4H3.